The van der Waals surface area contributed by atoms with E-state index in [0.29, 0.717) is 21.7 Å². The molecule has 1 amide bonds. The van der Waals surface area contributed by atoms with E-state index in [4.69, 9.17) is 5.73 Å². The summed E-state index contributed by atoms with van der Waals surface area (Å²) in [5, 5.41) is 6.74. The van der Waals surface area contributed by atoms with Crippen LogP contribution in [0.4, 0.5) is 10.9 Å². The summed E-state index contributed by atoms with van der Waals surface area (Å²) in [7, 11) is 0. The number of aromatic nitrogens is 1. The monoisotopic (exact) mass is 254 g/mol. The fourth-order valence-corrected chi connectivity index (χ4v) is 2.39. The van der Waals surface area contributed by atoms with Gasteiger partial charge in [0, 0.05) is 12.6 Å². The highest BCUT2D eigenvalue weighted by atomic mass is 32.1. The molecular weight excluding hydrogens is 236 g/mol. The molecule has 0 saturated heterocycles. The van der Waals surface area contributed by atoms with Gasteiger partial charge in [0.25, 0.3) is 5.91 Å². The lowest BCUT2D eigenvalue weighted by atomic mass is 10.4. The Balaban J connectivity index is 1.97. The van der Waals surface area contributed by atoms with Crippen LogP contribution in [0.3, 0.4) is 0 Å². The molecule has 0 atom stereocenters. The molecule has 1 saturated carbocycles. The van der Waals surface area contributed by atoms with Crippen LogP contribution in [0.5, 0.6) is 0 Å². The predicted molar refractivity (Wildman–Crippen MR) is 70.3 cm³/mol. The van der Waals surface area contributed by atoms with Crippen LogP contribution in [-0.2, 0) is 0 Å². The van der Waals surface area contributed by atoms with Crippen molar-refractivity contribution in [3.63, 3.8) is 0 Å². The van der Waals surface area contributed by atoms with Crippen molar-refractivity contribution in [2.24, 2.45) is 5.92 Å². The van der Waals surface area contributed by atoms with Crippen LogP contribution >= 0.6 is 11.3 Å². The number of thiazole rings is 1. The first-order valence-corrected chi connectivity index (χ1v) is 6.69. The Labute approximate surface area is 105 Å². The average molecular weight is 254 g/mol. The zero-order valence-electron chi connectivity index (χ0n) is 10.1. The number of carbonyl (C=O) groups excluding carboxylic acids is 1. The zero-order valence-corrected chi connectivity index (χ0v) is 10.9. The number of nitrogens with one attached hydrogen (secondary N) is 2. The van der Waals surface area contributed by atoms with Crippen LogP contribution in [0.15, 0.2) is 0 Å². The number of anilines is 2. The Morgan fingerprint density at radius 2 is 2.29 bits per heavy atom. The van der Waals surface area contributed by atoms with E-state index in [9.17, 15) is 4.79 Å². The molecule has 0 spiro atoms. The molecule has 0 unspecified atom stereocenters. The standard InChI is InChI=1S/C11H18N4OS/c1-6(2)14-11-15-9(12)8(17-11)10(16)13-5-7-3-4-7/h6-7H,3-5,12H2,1-2H3,(H,13,16)(H,14,15). The summed E-state index contributed by atoms with van der Waals surface area (Å²) < 4.78 is 0. The molecule has 0 radical (unpaired) electrons. The fraction of sp³-hybridized carbons (Fsp3) is 0.636. The third kappa shape index (κ3) is 3.33. The molecule has 6 heteroatoms. The number of nitrogens with two attached hydrogens (primary N) is 1. The number of hydrogen-bond donors (Lipinski definition) is 3. The van der Waals surface area contributed by atoms with Crippen LogP contribution < -0.4 is 16.4 Å². The molecule has 1 aliphatic rings. The van der Waals surface area contributed by atoms with Gasteiger partial charge in [-0.3, -0.25) is 4.79 Å². The third-order valence-corrected chi connectivity index (χ3v) is 3.52. The molecule has 0 aromatic carbocycles. The summed E-state index contributed by atoms with van der Waals surface area (Å²) >= 11 is 1.31. The molecule has 5 nitrogen and oxygen atoms in total. The molecule has 17 heavy (non-hydrogen) atoms. The average Bonchev–Trinajstić information content (AvgIpc) is 2.99. The van der Waals surface area contributed by atoms with E-state index in [2.05, 4.69) is 15.6 Å². The second kappa shape index (κ2) is 4.91. The number of nitrogen functional groups attached to an aromatic ring is 1. The van der Waals surface area contributed by atoms with Gasteiger partial charge in [0.15, 0.2) is 5.13 Å². The molecule has 1 aromatic rings. The smallest absolute Gasteiger partial charge is 0.265 e. The van der Waals surface area contributed by atoms with Gasteiger partial charge < -0.3 is 16.4 Å². The Morgan fingerprint density at radius 1 is 1.59 bits per heavy atom. The minimum atomic E-state index is -0.108. The molecule has 1 heterocycles. The van der Waals surface area contributed by atoms with E-state index >= 15 is 0 Å². The van der Waals surface area contributed by atoms with Crippen LogP contribution in [-0.4, -0.2) is 23.5 Å². The quantitative estimate of drug-likeness (QED) is 0.747. The Kier molecular flexibility index (Phi) is 3.51. The van der Waals surface area contributed by atoms with Crippen LogP contribution in [0.2, 0.25) is 0 Å². The molecule has 0 bridgehead atoms. The van der Waals surface area contributed by atoms with Gasteiger partial charge in [0.1, 0.15) is 10.7 Å². The van der Waals surface area contributed by atoms with E-state index in [1.165, 1.54) is 24.2 Å². The van der Waals surface area contributed by atoms with Gasteiger partial charge in [-0.05, 0) is 32.6 Å². The molecule has 94 valence electrons. The van der Waals surface area contributed by atoms with Gasteiger partial charge in [-0.2, -0.15) is 0 Å². The Morgan fingerprint density at radius 3 is 2.88 bits per heavy atom. The van der Waals surface area contributed by atoms with Crippen molar-refractivity contribution in [1.29, 1.82) is 0 Å². The second-order valence-corrected chi connectivity index (χ2v) is 5.68. The minimum Gasteiger partial charge on any atom is -0.382 e. The summed E-state index contributed by atoms with van der Waals surface area (Å²) in [6.45, 7) is 4.79. The van der Waals surface area contributed by atoms with Gasteiger partial charge in [0.2, 0.25) is 0 Å². The van der Waals surface area contributed by atoms with Gasteiger partial charge in [-0.15, -0.1) is 0 Å². The van der Waals surface area contributed by atoms with E-state index in [1.54, 1.807) is 0 Å². The maximum atomic E-state index is 11.8. The minimum absolute atomic E-state index is 0.108. The Hall–Kier alpha value is -1.30. The highest BCUT2D eigenvalue weighted by Crippen LogP contribution is 2.29. The molecule has 1 aliphatic carbocycles. The van der Waals surface area contributed by atoms with E-state index in [1.807, 2.05) is 13.8 Å². The molecule has 0 aliphatic heterocycles. The van der Waals surface area contributed by atoms with Gasteiger partial charge >= 0.3 is 0 Å². The molecule has 4 N–H and O–H groups in total. The summed E-state index contributed by atoms with van der Waals surface area (Å²) in [5.74, 6) is 0.872. The molecule has 1 fully saturated rings. The lowest BCUT2D eigenvalue weighted by molar-refractivity contribution is 0.0956. The van der Waals surface area contributed by atoms with Crippen molar-refractivity contribution >= 4 is 28.2 Å². The normalized spacial score (nSPS) is 15.0. The summed E-state index contributed by atoms with van der Waals surface area (Å²) in [4.78, 5) is 16.5. The maximum absolute atomic E-state index is 11.8. The van der Waals surface area contributed by atoms with E-state index < -0.39 is 0 Å². The van der Waals surface area contributed by atoms with E-state index in [-0.39, 0.29) is 11.9 Å². The first-order chi connectivity index (χ1) is 8.06. The Bertz CT molecular complexity index is 412. The van der Waals surface area contributed by atoms with Crippen molar-refractivity contribution in [3.05, 3.63) is 4.88 Å². The summed E-state index contributed by atoms with van der Waals surface area (Å²) in [6, 6.07) is 0.280. The van der Waals surface area contributed by atoms with Crippen LogP contribution in [0, 0.1) is 5.92 Å². The fourth-order valence-electron chi connectivity index (χ4n) is 1.44. The number of nitrogens with zero attached hydrogens (tertiary/aromatic N) is 1. The predicted octanol–water partition coefficient (Wildman–Crippen LogP) is 1.69. The van der Waals surface area contributed by atoms with E-state index in [0.717, 1.165) is 6.54 Å². The number of hydrogen-bond acceptors (Lipinski definition) is 5. The van der Waals surface area contributed by atoms with Crippen molar-refractivity contribution in [3.8, 4) is 0 Å². The van der Waals surface area contributed by atoms with Crippen LogP contribution in [0.1, 0.15) is 36.4 Å². The number of carbonyl (C=O) groups is 1. The summed E-state index contributed by atoms with van der Waals surface area (Å²) in [5.41, 5.74) is 5.74. The van der Waals surface area contributed by atoms with Crippen molar-refractivity contribution < 1.29 is 4.79 Å². The van der Waals surface area contributed by atoms with Crippen molar-refractivity contribution in [2.45, 2.75) is 32.7 Å². The largest absolute Gasteiger partial charge is 0.382 e. The third-order valence-electron chi connectivity index (χ3n) is 2.52. The van der Waals surface area contributed by atoms with Gasteiger partial charge in [-0.25, -0.2) is 4.98 Å². The number of amides is 1. The summed E-state index contributed by atoms with van der Waals surface area (Å²) in [6.07, 6.45) is 2.44. The lowest BCUT2D eigenvalue weighted by Crippen LogP contribution is -2.25. The topological polar surface area (TPSA) is 80.0 Å². The number of rotatable bonds is 5. The lowest BCUT2D eigenvalue weighted by Gasteiger charge is -2.04. The van der Waals surface area contributed by atoms with Gasteiger partial charge in [-0.1, -0.05) is 11.3 Å². The molecule has 1 aromatic heterocycles. The SMILES string of the molecule is CC(C)Nc1nc(N)c(C(=O)NCC2CC2)s1. The highest BCUT2D eigenvalue weighted by molar-refractivity contribution is 7.18. The highest BCUT2D eigenvalue weighted by Gasteiger charge is 2.23. The van der Waals surface area contributed by atoms with Crippen LogP contribution in [0.25, 0.3) is 0 Å². The first-order valence-electron chi connectivity index (χ1n) is 5.87. The molecule has 2 rings (SSSR count). The maximum Gasteiger partial charge on any atom is 0.265 e. The molecular formula is C11H18N4OS. The van der Waals surface area contributed by atoms with Gasteiger partial charge in [0.05, 0.1) is 0 Å². The first kappa shape index (κ1) is 12.2. The van der Waals surface area contributed by atoms with Crippen molar-refractivity contribution in [1.82, 2.24) is 10.3 Å². The second-order valence-electron chi connectivity index (χ2n) is 4.69. The van der Waals surface area contributed by atoms with Crippen molar-refractivity contribution in [2.75, 3.05) is 17.6 Å². The zero-order chi connectivity index (χ0) is 12.4.